The lowest BCUT2D eigenvalue weighted by atomic mass is 10.0. The average molecular weight is 287 g/mol. The Morgan fingerprint density at radius 1 is 1.47 bits per heavy atom. The molecule has 2 unspecified atom stereocenters. The number of thioether (sulfide) groups is 1. The highest BCUT2D eigenvalue weighted by molar-refractivity contribution is 8.13. The number of para-hydroxylation sites is 1. The second kappa shape index (κ2) is 6.50. The maximum Gasteiger partial charge on any atom is 0.311 e. The molecule has 0 aromatic heterocycles. The quantitative estimate of drug-likeness (QED) is 0.545. The van der Waals surface area contributed by atoms with Gasteiger partial charge in [0.05, 0.1) is 11.0 Å². The van der Waals surface area contributed by atoms with E-state index in [0.717, 1.165) is 17.8 Å². The van der Waals surface area contributed by atoms with Crippen LogP contribution in [0.1, 0.15) is 18.6 Å². The maximum absolute atomic E-state index is 10.7. The molecule has 19 heavy (non-hydrogen) atoms. The van der Waals surface area contributed by atoms with Gasteiger partial charge in [0, 0.05) is 24.3 Å². The Hall–Kier alpha value is -1.64. The van der Waals surface area contributed by atoms with Gasteiger partial charge in [-0.1, -0.05) is 23.9 Å². The van der Waals surface area contributed by atoms with Crippen LogP contribution in [0.25, 0.3) is 0 Å². The molecule has 0 aliphatic rings. The smallest absolute Gasteiger partial charge is 0.311 e. The molecule has 7 nitrogen and oxygen atoms in total. The number of benzene rings is 1. The Morgan fingerprint density at radius 2 is 2.11 bits per heavy atom. The number of nitro groups is 1. The van der Waals surface area contributed by atoms with E-state index in [1.165, 1.54) is 19.1 Å². The molecule has 0 amide bonds. The number of hydrogen-bond acceptors (Lipinski definition) is 7. The summed E-state index contributed by atoms with van der Waals surface area (Å²) >= 11 is 0.814. The third-order valence-electron chi connectivity index (χ3n) is 2.38. The van der Waals surface area contributed by atoms with Crippen molar-refractivity contribution in [3.63, 3.8) is 0 Å². The summed E-state index contributed by atoms with van der Waals surface area (Å²) in [4.78, 5) is 20.6. The van der Waals surface area contributed by atoms with E-state index in [4.69, 9.17) is 0 Å². The Kier molecular flexibility index (Phi) is 5.28. The second-order valence-electron chi connectivity index (χ2n) is 3.79. The highest BCUT2D eigenvalue weighted by Gasteiger charge is 2.26. The first kappa shape index (κ1) is 15.4. The molecule has 3 N–H and O–H groups in total. The summed E-state index contributed by atoms with van der Waals surface area (Å²) in [5.41, 5.74) is -0.700. The Balaban J connectivity index is 2.93. The zero-order valence-electron chi connectivity index (χ0n) is 10.0. The minimum Gasteiger partial charge on any atom is -0.502 e. The summed E-state index contributed by atoms with van der Waals surface area (Å²) in [7, 11) is 0. The molecule has 8 heteroatoms. The molecule has 1 rings (SSSR count). The Labute approximate surface area is 113 Å². The number of aliphatic hydroxyl groups is 2. The third kappa shape index (κ3) is 3.91. The number of phenols is 1. The zero-order valence-corrected chi connectivity index (χ0v) is 10.8. The van der Waals surface area contributed by atoms with E-state index in [0.29, 0.717) is 0 Å². The summed E-state index contributed by atoms with van der Waals surface area (Å²) in [6.07, 6.45) is -2.83. The highest BCUT2D eigenvalue weighted by atomic mass is 32.2. The lowest BCUT2D eigenvalue weighted by Crippen LogP contribution is -2.21. The molecule has 104 valence electrons. The SMILES string of the molecule is CC(=O)SCC(O)C(O)c1cccc([N+](=O)[O-])c1O. The van der Waals surface area contributed by atoms with Gasteiger partial charge < -0.3 is 15.3 Å². The molecule has 0 heterocycles. The number of carbonyl (C=O) groups is 1. The van der Waals surface area contributed by atoms with Crippen molar-refractivity contribution in [2.45, 2.75) is 19.1 Å². The van der Waals surface area contributed by atoms with Gasteiger partial charge in [-0.15, -0.1) is 0 Å². The molecule has 0 radical (unpaired) electrons. The van der Waals surface area contributed by atoms with Gasteiger partial charge in [0.25, 0.3) is 0 Å². The molecular weight excluding hydrogens is 274 g/mol. The van der Waals surface area contributed by atoms with Crippen LogP contribution in [-0.2, 0) is 4.79 Å². The van der Waals surface area contributed by atoms with Crippen molar-refractivity contribution in [2.75, 3.05) is 5.75 Å². The molecule has 0 spiro atoms. The molecule has 1 aromatic rings. The normalized spacial score (nSPS) is 13.8. The van der Waals surface area contributed by atoms with Gasteiger partial charge in [-0.3, -0.25) is 14.9 Å². The van der Waals surface area contributed by atoms with Crippen LogP contribution in [0.5, 0.6) is 5.75 Å². The zero-order chi connectivity index (χ0) is 14.6. The third-order valence-corrected chi connectivity index (χ3v) is 3.30. The second-order valence-corrected chi connectivity index (χ2v) is 4.98. The predicted molar refractivity (Wildman–Crippen MR) is 68.9 cm³/mol. The molecular formula is C11H13NO6S. The van der Waals surface area contributed by atoms with Crippen LogP contribution >= 0.6 is 11.8 Å². The van der Waals surface area contributed by atoms with E-state index in [1.807, 2.05) is 0 Å². The summed E-state index contributed by atoms with van der Waals surface area (Å²) in [5.74, 6) is -0.759. The highest BCUT2D eigenvalue weighted by Crippen LogP contribution is 2.34. The molecule has 2 atom stereocenters. The van der Waals surface area contributed by atoms with E-state index >= 15 is 0 Å². The first-order valence-corrected chi connectivity index (χ1v) is 6.29. The van der Waals surface area contributed by atoms with Crippen molar-refractivity contribution in [3.05, 3.63) is 33.9 Å². The van der Waals surface area contributed by atoms with Crippen molar-refractivity contribution in [2.24, 2.45) is 0 Å². The fourth-order valence-corrected chi connectivity index (χ4v) is 2.02. The summed E-state index contributed by atoms with van der Waals surface area (Å²) < 4.78 is 0. The fourth-order valence-electron chi connectivity index (χ4n) is 1.44. The van der Waals surface area contributed by atoms with Crippen LogP contribution in [0.3, 0.4) is 0 Å². The largest absolute Gasteiger partial charge is 0.502 e. The van der Waals surface area contributed by atoms with Crippen LogP contribution in [0.15, 0.2) is 18.2 Å². The minimum atomic E-state index is -1.51. The van der Waals surface area contributed by atoms with Crippen LogP contribution in [0.4, 0.5) is 5.69 Å². The van der Waals surface area contributed by atoms with Crippen molar-refractivity contribution in [1.29, 1.82) is 0 Å². The van der Waals surface area contributed by atoms with E-state index in [-0.39, 0.29) is 16.4 Å². The molecule has 0 fully saturated rings. The summed E-state index contributed by atoms with van der Waals surface area (Å²) in [6, 6.07) is 3.65. The average Bonchev–Trinajstić information content (AvgIpc) is 2.34. The van der Waals surface area contributed by atoms with Gasteiger partial charge in [-0.05, 0) is 0 Å². The number of nitro benzene ring substituents is 1. The molecule has 0 aliphatic carbocycles. The lowest BCUT2D eigenvalue weighted by Gasteiger charge is -2.18. The predicted octanol–water partition coefficient (Wildman–Crippen LogP) is 0.974. The molecule has 1 aromatic carbocycles. The van der Waals surface area contributed by atoms with Gasteiger partial charge in [0.15, 0.2) is 10.9 Å². The number of rotatable bonds is 5. The Morgan fingerprint density at radius 3 is 2.63 bits per heavy atom. The standard InChI is InChI=1S/C11H13NO6S/c1-6(13)19-5-9(14)11(16)7-3-2-4-8(10(7)15)12(17)18/h2-4,9,11,14-16H,5H2,1H3. The van der Waals surface area contributed by atoms with Crippen molar-refractivity contribution >= 4 is 22.6 Å². The number of phenolic OH excluding ortho intramolecular Hbond substituents is 1. The van der Waals surface area contributed by atoms with E-state index in [9.17, 15) is 30.2 Å². The number of aromatic hydroxyl groups is 1. The number of carbonyl (C=O) groups excluding carboxylic acids is 1. The van der Waals surface area contributed by atoms with E-state index in [2.05, 4.69) is 0 Å². The lowest BCUT2D eigenvalue weighted by molar-refractivity contribution is -0.386. The first-order valence-electron chi connectivity index (χ1n) is 5.30. The number of nitrogens with zero attached hydrogens (tertiary/aromatic N) is 1. The minimum absolute atomic E-state index is 0.0708. The van der Waals surface area contributed by atoms with Gasteiger partial charge in [0.2, 0.25) is 0 Å². The molecule has 0 aliphatic heterocycles. The molecule has 0 bridgehead atoms. The molecule has 0 saturated heterocycles. The van der Waals surface area contributed by atoms with Crippen LogP contribution in [0.2, 0.25) is 0 Å². The summed E-state index contributed by atoms with van der Waals surface area (Å²) in [6.45, 7) is 1.31. The van der Waals surface area contributed by atoms with Crippen LogP contribution in [0, 0.1) is 10.1 Å². The van der Waals surface area contributed by atoms with E-state index in [1.54, 1.807) is 0 Å². The fraction of sp³-hybridized carbons (Fsp3) is 0.364. The van der Waals surface area contributed by atoms with Crippen LogP contribution < -0.4 is 0 Å². The topological polar surface area (TPSA) is 121 Å². The van der Waals surface area contributed by atoms with Crippen LogP contribution in [-0.4, -0.2) is 37.2 Å². The van der Waals surface area contributed by atoms with E-state index < -0.39 is 28.6 Å². The van der Waals surface area contributed by atoms with Gasteiger partial charge in [-0.25, -0.2) is 0 Å². The number of hydrogen-bond donors (Lipinski definition) is 3. The van der Waals surface area contributed by atoms with Gasteiger partial charge >= 0.3 is 5.69 Å². The van der Waals surface area contributed by atoms with Gasteiger partial charge in [-0.2, -0.15) is 0 Å². The van der Waals surface area contributed by atoms with Crippen molar-refractivity contribution in [3.8, 4) is 5.75 Å². The Bertz CT molecular complexity index is 492. The van der Waals surface area contributed by atoms with Crippen molar-refractivity contribution in [1.82, 2.24) is 0 Å². The molecule has 0 saturated carbocycles. The monoisotopic (exact) mass is 287 g/mol. The van der Waals surface area contributed by atoms with Gasteiger partial charge in [0.1, 0.15) is 6.10 Å². The maximum atomic E-state index is 10.7. The summed E-state index contributed by atoms with van der Waals surface area (Å²) in [5, 5.41) is 39.6. The number of aliphatic hydroxyl groups excluding tert-OH is 2. The first-order chi connectivity index (χ1) is 8.84. The van der Waals surface area contributed by atoms with Crippen molar-refractivity contribution < 1.29 is 25.0 Å².